The van der Waals surface area contributed by atoms with E-state index in [-0.39, 0.29) is 11.9 Å². The molecule has 1 fully saturated rings. The molecule has 5 nitrogen and oxygen atoms in total. The minimum atomic E-state index is -0.186. The molecule has 1 amide bonds. The molecule has 2 heterocycles. The van der Waals surface area contributed by atoms with Gasteiger partial charge in [0.1, 0.15) is 16.9 Å². The number of thioether (sulfide) groups is 1. The normalized spacial score (nSPS) is 17.8. The molecule has 0 unspecified atom stereocenters. The molecular formula is C16H18N4OS. The van der Waals surface area contributed by atoms with Gasteiger partial charge in [0.2, 0.25) is 5.91 Å². The van der Waals surface area contributed by atoms with Crippen molar-refractivity contribution in [2.45, 2.75) is 23.2 Å². The van der Waals surface area contributed by atoms with Crippen molar-refractivity contribution < 1.29 is 4.79 Å². The number of likely N-dealkylation sites (tertiary alicyclic amines) is 1. The lowest BCUT2D eigenvalue weighted by Crippen LogP contribution is -2.31. The molecule has 1 aliphatic rings. The van der Waals surface area contributed by atoms with Crippen molar-refractivity contribution in [3.63, 3.8) is 0 Å². The number of nitrogens with one attached hydrogen (secondary N) is 1. The molecule has 22 heavy (non-hydrogen) atoms. The molecule has 1 saturated heterocycles. The van der Waals surface area contributed by atoms with Crippen LogP contribution in [-0.2, 0) is 10.5 Å². The average Bonchev–Trinajstić information content (AvgIpc) is 2.86. The third-order valence-corrected chi connectivity index (χ3v) is 4.56. The summed E-state index contributed by atoms with van der Waals surface area (Å²) < 4.78 is 0. The Kier molecular flexibility index (Phi) is 4.58. The lowest BCUT2D eigenvalue weighted by molar-refractivity contribution is -0.127. The van der Waals surface area contributed by atoms with Crippen molar-refractivity contribution in [1.29, 1.82) is 0 Å². The number of amides is 1. The highest BCUT2D eigenvalue weighted by Gasteiger charge is 2.29. The Morgan fingerprint density at radius 2 is 2.14 bits per heavy atom. The predicted octanol–water partition coefficient (Wildman–Crippen LogP) is 2.41. The smallest absolute Gasteiger partial charge is 0.244 e. The van der Waals surface area contributed by atoms with E-state index in [0.717, 1.165) is 23.7 Å². The summed E-state index contributed by atoms with van der Waals surface area (Å²) in [4.78, 5) is 22.4. The fraction of sp³-hybridized carbons (Fsp3) is 0.312. The van der Waals surface area contributed by atoms with Crippen molar-refractivity contribution in [2.75, 3.05) is 18.9 Å². The molecule has 0 radical (unpaired) electrons. The van der Waals surface area contributed by atoms with Gasteiger partial charge in [-0.1, -0.05) is 30.3 Å². The van der Waals surface area contributed by atoms with Gasteiger partial charge in [-0.3, -0.25) is 9.78 Å². The number of likely N-dealkylation sites (N-methyl/N-ethyl adjacent to an activating group) is 1. The van der Waals surface area contributed by atoms with Crippen LogP contribution in [0.3, 0.4) is 0 Å². The van der Waals surface area contributed by atoms with Crippen molar-refractivity contribution >= 4 is 23.5 Å². The van der Waals surface area contributed by atoms with Crippen LogP contribution in [0.2, 0.25) is 0 Å². The molecule has 3 rings (SSSR count). The van der Waals surface area contributed by atoms with Crippen molar-refractivity contribution in [3.05, 3.63) is 48.3 Å². The van der Waals surface area contributed by atoms with Gasteiger partial charge in [-0.05, 0) is 12.0 Å². The van der Waals surface area contributed by atoms with E-state index in [2.05, 4.69) is 27.4 Å². The summed E-state index contributed by atoms with van der Waals surface area (Å²) in [6.07, 6.45) is 4.22. The third-order valence-electron chi connectivity index (χ3n) is 3.59. The largest absolute Gasteiger partial charge is 0.357 e. The van der Waals surface area contributed by atoms with Crippen LogP contribution in [0.15, 0.2) is 47.8 Å². The van der Waals surface area contributed by atoms with Gasteiger partial charge in [0.25, 0.3) is 0 Å². The SMILES string of the molecule is CN1CC[C@H](Nc2cncc(SCc3ccccc3)n2)C1=O. The fourth-order valence-corrected chi connectivity index (χ4v) is 3.16. The molecule has 1 N–H and O–H groups in total. The van der Waals surface area contributed by atoms with Crippen LogP contribution in [-0.4, -0.2) is 40.4 Å². The molecule has 6 heteroatoms. The Morgan fingerprint density at radius 3 is 2.86 bits per heavy atom. The maximum atomic E-state index is 11.9. The molecule has 0 saturated carbocycles. The van der Waals surface area contributed by atoms with Crippen molar-refractivity contribution in [1.82, 2.24) is 14.9 Å². The molecule has 0 spiro atoms. The quantitative estimate of drug-likeness (QED) is 0.859. The lowest BCUT2D eigenvalue weighted by Gasteiger charge is -2.13. The summed E-state index contributed by atoms with van der Waals surface area (Å²) in [6, 6.07) is 10.1. The molecule has 0 aliphatic carbocycles. The Morgan fingerprint density at radius 1 is 1.32 bits per heavy atom. The molecule has 1 atom stereocenters. The Labute approximate surface area is 134 Å². The van der Waals surface area contributed by atoms with E-state index in [4.69, 9.17) is 0 Å². The van der Waals surface area contributed by atoms with E-state index >= 15 is 0 Å². The highest BCUT2D eigenvalue weighted by atomic mass is 32.2. The molecule has 0 bridgehead atoms. The Bertz CT molecular complexity index is 650. The summed E-state index contributed by atoms with van der Waals surface area (Å²) in [7, 11) is 1.82. The van der Waals surface area contributed by atoms with Crippen molar-refractivity contribution in [2.24, 2.45) is 0 Å². The third kappa shape index (κ3) is 3.57. The molecule has 1 aliphatic heterocycles. The van der Waals surface area contributed by atoms with Gasteiger partial charge >= 0.3 is 0 Å². The van der Waals surface area contributed by atoms with Gasteiger partial charge in [-0.15, -0.1) is 11.8 Å². The molecule has 2 aromatic rings. The van der Waals surface area contributed by atoms with Crippen LogP contribution in [0.4, 0.5) is 5.82 Å². The first-order valence-corrected chi connectivity index (χ1v) is 8.21. The minimum Gasteiger partial charge on any atom is -0.357 e. The number of anilines is 1. The van der Waals surface area contributed by atoms with E-state index in [1.54, 1.807) is 29.1 Å². The molecular weight excluding hydrogens is 296 g/mol. The standard InChI is InChI=1S/C16H18N4OS/c1-20-8-7-13(16(20)21)18-14-9-17-10-15(19-14)22-11-12-5-3-2-4-6-12/h2-6,9-10,13H,7-8,11H2,1H3,(H,18,19)/t13-/m0/s1. The van der Waals surface area contributed by atoms with Gasteiger partial charge in [0.15, 0.2) is 0 Å². The second-order valence-corrected chi connectivity index (χ2v) is 6.26. The van der Waals surface area contributed by atoms with Crippen LogP contribution in [0.25, 0.3) is 0 Å². The summed E-state index contributed by atoms with van der Waals surface area (Å²) in [5.41, 5.74) is 1.25. The lowest BCUT2D eigenvalue weighted by atomic mass is 10.2. The van der Waals surface area contributed by atoms with Crippen LogP contribution >= 0.6 is 11.8 Å². The Balaban J connectivity index is 1.61. The van der Waals surface area contributed by atoms with E-state index in [1.165, 1.54) is 5.56 Å². The van der Waals surface area contributed by atoms with Gasteiger partial charge in [-0.25, -0.2) is 4.98 Å². The zero-order chi connectivity index (χ0) is 15.4. The summed E-state index contributed by atoms with van der Waals surface area (Å²) in [5, 5.41) is 4.04. The number of carbonyl (C=O) groups is 1. The number of hydrogen-bond donors (Lipinski definition) is 1. The number of rotatable bonds is 5. The average molecular weight is 314 g/mol. The predicted molar refractivity (Wildman–Crippen MR) is 87.7 cm³/mol. The number of carbonyl (C=O) groups excluding carboxylic acids is 1. The highest BCUT2D eigenvalue weighted by Crippen LogP contribution is 2.22. The van der Waals surface area contributed by atoms with E-state index in [1.807, 2.05) is 25.2 Å². The van der Waals surface area contributed by atoms with E-state index in [0.29, 0.717) is 5.82 Å². The van der Waals surface area contributed by atoms with Gasteiger partial charge in [0, 0.05) is 19.3 Å². The second-order valence-electron chi connectivity index (χ2n) is 5.26. The first kappa shape index (κ1) is 14.8. The zero-order valence-corrected chi connectivity index (χ0v) is 13.2. The number of nitrogens with zero attached hydrogens (tertiary/aromatic N) is 3. The van der Waals surface area contributed by atoms with Crippen LogP contribution in [0.5, 0.6) is 0 Å². The highest BCUT2D eigenvalue weighted by molar-refractivity contribution is 7.98. The van der Waals surface area contributed by atoms with Gasteiger partial charge in [-0.2, -0.15) is 0 Å². The van der Waals surface area contributed by atoms with E-state index < -0.39 is 0 Å². The molecule has 1 aromatic heterocycles. The first-order valence-electron chi connectivity index (χ1n) is 7.22. The number of aromatic nitrogens is 2. The van der Waals surface area contributed by atoms with Gasteiger partial charge < -0.3 is 10.2 Å². The van der Waals surface area contributed by atoms with Crippen molar-refractivity contribution in [3.8, 4) is 0 Å². The van der Waals surface area contributed by atoms with Crippen LogP contribution in [0, 0.1) is 0 Å². The van der Waals surface area contributed by atoms with Crippen LogP contribution < -0.4 is 5.32 Å². The number of benzene rings is 1. The van der Waals surface area contributed by atoms with Gasteiger partial charge in [0.05, 0.1) is 12.4 Å². The Hall–Kier alpha value is -2.08. The fourth-order valence-electron chi connectivity index (χ4n) is 2.35. The molecule has 114 valence electrons. The number of hydrogen-bond acceptors (Lipinski definition) is 5. The first-order chi connectivity index (χ1) is 10.7. The maximum Gasteiger partial charge on any atom is 0.244 e. The molecule has 1 aromatic carbocycles. The maximum absolute atomic E-state index is 11.9. The zero-order valence-electron chi connectivity index (χ0n) is 12.4. The monoisotopic (exact) mass is 314 g/mol. The second kappa shape index (κ2) is 6.79. The summed E-state index contributed by atoms with van der Waals surface area (Å²) in [5.74, 6) is 1.63. The summed E-state index contributed by atoms with van der Waals surface area (Å²) >= 11 is 1.64. The topological polar surface area (TPSA) is 58.1 Å². The summed E-state index contributed by atoms with van der Waals surface area (Å²) in [6.45, 7) is 0.784. The van der Waals surface area contributed by atoms with Crippen LogP contribution in [0.1, 0.15) is 12.0 Å². The minimum absolute atomic E-state index is 0.115. The van der Waals surface area contributed by atoms with E-state index in [9.17, 15) is 4.79 Å².